The third-order valence-electron chi connectivity index (χ3n) is 5.29. The Balaban J connectivity index is 2.23. The second kappa shape index (κ2) is 11.6. The Labute approximate surface area is 163 Å². The number of nitrogens with zero attached hydrogens (tertiary/aromatic N) is 3. The molecule has 0 aliphatic heterocycles. The van der Waals surface area contributed by atoms with E-state index in [-0.39, 0.29) is 0 Å². The predicted molar refractivity (Wildman–Crippen MR) is 111 cm³/mol. The van der Waals surface area contributed by atoms with E-state index >= 15 is 0 Å². The van der Waals surface area contributed by atoms with Crippen LogP contribution in [-0.2, 0) is 6.61 Å². The van der Waals surface area contributed by atoms with E-state index in [2.05, 4.69) is 43.2 Å². The fourth-order valence-corrected chi connectivity index (χ4v) is 19.2. The van der Waals surface area contributed by atoms with E-state index in [0.717, 1.165) is 0 Å². The molecule has 2 rings (SSSR count). The number of aromatic nitrogens is 3. The Morgan fingerprint density at radius 1 is 0.885 bits per heavy atom. The summed E-state index contributed by atoms with van der Waals surface area (Å²) in [6.07, 6.45) is 9.81. The molecule has 4 nitrogen and oxygen atoms in total. The third kappa shape index (κ3) is 6.00. The second-order valence-corrected chi connectivity index (χ2v) is 20.4. The Morgan fingerprint density at radius 3 is 2.00 bits per heavy atom. The Kier molecular flexibility index (Phi) is 9.51. The molecule has 0 fully saturated rings. The summed E-state index contributed by atoms with van der Waals surface area (Å²) in [5.74, 6) is 0. The molecule has 5 heteroatoms. The number of rotatable bonds is 13. The average molecular weight is 464 g/mol. The van der Waals surface area contributed by atoms with Gasteiger partial charge in [0.25, 0.3) is 0 Å². The van der Waals surface area contributed by atoms with Crippen molar-refractivity contribution in [2.75, 3.05) is 0 Å². The molecule has 0 spiro atoms. The van der Waals surface area contributed by atoms with Gasteiger partial charge in [-0.15, -0.1) is 0 Å². The first-order chi connectivity index (χ1) is 12.8. The molecule has 0 amide bonds. The molecule has 0 radical (unpaired) electrons. The first kappa shape index (κ1) is 21.3. The van der Waals surface area contributed by atoms with Crippen molar-refractivity contribution in [3.8, 4) is 0 Å². The van der Waals surface area contributed by atoms with E-state index < -0.39 is 18.4 Å². The fourth-order valence-electron chi connectivity index (χ4n) is 3.67. The molecular weight excluding hydrogens is 429 g/mol. The van der Waals surface area contributed by atoms with E-state index in [0.29, 0.717) is 6.61 Å². The molecule has 1 aromatic carbocycles. The molecule has 0 N–H and O–H groups in total. The van der Waals surface area contributed by atoms with Crippen molar-refractivity contribution in [1.29, 1.82) is 0 Å². The van der Waals surface area contributed by atoms with E-state index in [1.165, 1.54) is 61.1 Å². The summed E-state index contributed by atoms with van der Waals surface area (Å²) in [5.41, 5.74) is 1.17. The molecule has 26 heavy (non-hydrogen) atoms. The first-order valence-corrected chi connectivity index (χ1v) is 17.8. The number of benzene rings is 1. The molecule has 0 aliphatic rings. The van der Waals surface area contributed by atoms with E-state index in [1.54, 1.807) is 4.85 Å². The maximum atomic E-state index is 6.10. The fraction of sp³-hybridized carbons (Fsp3) is 0.619. The minimum atomic E-state index is -2.56. The van der Waals surface area contributed by atoms with Gasteiger partial charge in [-0.1, -0.05) is 0 Å². The molecule has 0 unspecified atom stereocenters. The molecule has 0 saturated heterocycles. The van der Waals surface area contributed by atoms with Crippen molar-refractivity contribution in [3.05, 3.63) is 42.1 Å². The van der Waals surface area contributed by atoms with Gasteiger partial charge in [0.05, 0.1) is 0 Å². The van der Waals surface area contributed by atoms with Crippen LogP contribution in [0, 0.1) is 0 Å². The molecular formula is C21H35N3OSn. The van der Waals surface area contributed by atoms with Gasteiger partial charge in [-0.3, -0.25) is 0 Å². The normalized spacial score (nSPS) is 11.7. The van der Waals surface area contributed by atoms with E-state index in [4.69, 9.17) is 4.84 Å². The summed E-state index contributed by atoms with van der Waals surface area (Å²) in [6, 6.07) is 10.3. The third-order valence-corrected chi connectivity index (χ3v) is 20.5. The van der Waals surface area contributed by atoms with Crippen molar-refractivity contribution in [2.24, 2.45) is 0 Å². The van der Waals surface area contributed by atoms with E-state index in [1.807, 2.05) is 24.4 Å². The maximum absolute atomic E-state index is 6.10. The monoisotopic (exact) mass is 465 g/mol. The Morgan fingerprint density at radius 2 is 1.46 bits per heavy atom. The van der Waals surface area contributed by atoms with Gasteiger partial charge in [-0.05, 0) is 0 Å². The topological polar surface area (TPSA) is 39.9 Å². The molecule has 0 atom stereocenters. The van der Waals surface area contributed by atoms with Crippen LogP contribution in [0.1, 0.15) is 64.9 Å². The van der Waals surface area contributed by atoms with Gasteiger partial charge in [0.2, 0.25) is 0 Å². The van der Waals surface area contributed by atoms with Crippen LogP contribution in [0.2, 0.25) is 13.3 Å². The predicted octanol–water partition coefficient (Wildman–Crippen LogP) is 4.96. The van der Waals surface area contributed by atoms with E-state index in [9.17, 15) is 0 Å². The van der Waals surface area contributed by atoms with Crippen molar-refractivity contribution in [2.45, 2.75) is 79.2 Å². The number of hydrogen-bond donors (Lipinski definition) is 0. The van der Waals surface area contributed by atoms with Gasteiger partial charge in [-0.25, -0.2) is 0 Å². The minimum absolute atomic E-state index is 0.550. The van der Waals surface area contributed by atoms with Crippen LogP contribution in [0.25, 0.3) is 0 Å². The summed E-state index contributed by atoms with van der Waals surface area (Å²) in [6.45, 7) is 7.46. The summed E-state index contributed by atoms with van der Waals surface area (Å²) in [5, 5.41) is 8.58. The zero-order valence-corrected chi connectivity index (χ0v) is 19.6. The van der Waals surface area contributed by atoms with Crippen molar-refractivity contribution >= 4 is 22.1 Å². The van der Waals surface area contributed by atoms with Gasteiger partial charge in [0, 0.05) is 0 Å². The summed E-state index contributed by atoms with van der Waals surface area (Å²) < 4.78 is 5.55. The molecule has 1 aromatic heterocycles. The molecule has 1 heterocycles. The zero-order valence-electron chi connectivity index (χ0n) is 16.8. The van der Waals surface area contributed by atoms with Gasteiger partial charge in [0.1, 0.15) is 0 Å². The van der Waals surface area contributed by atoms with Gasteiger partial charge >= 0.3 is 163 Å². The first-order valence-electron chi connectivity index (χ1n) is 10.3. The Bertz CT molecular complexity index is 593. The van der Waals surface area contributed by atoms with Gasteiger partial charge in [0.15, 0.2) is 0 Å². The number of unbranched alkanes of at least 4 members (excludes halogenated alkanes) is 3. The van der Waals surface area contributed by atoms with Gasteiger partial charge < -0.3 is 0 Å². The van der Waals surface area contributed by atoms with Crippen molar-refractivity contribution in [1.82, 2.24) is 15.2 Å². The summed E-state index contributed by atoms with van der Waals surface area (Å²) in [4.78, 5) is 7.90. The van der Waals surface area contributed by atoms with Gasteiger partial charge in [-0.2, -0.15) is 0 Å². The van der Waals surface area contributed by atoms with Crippen LogP contribution in [0.4, 0.5) is 0 Å². The number of hydrogen-bond acceptors (Lipinski definition) is 3. The average Bonchev–Trinajstić information content (AvgIpc) is 3.16. The zero-order chi connectivity index (χ0) is 18.7. The van der Waals surface area contributed by atoms with Crippen LogP contribution < -0.4 is 8.55 Å². The van der Waals surface area contributed by atoms with Crippen LogP contribution in [-0.4, -0.2) is 33.5 Å². The quantitative estimate of drug-likeness (QED) is 0.394. The molecule has 0 bridgehead atoms. The Hall–Kier alpha value is -1.04. The standard InChI is InChI=1S/C9H8N3O.3C4H9.Sn/c1-2-4-9(5-3-1)8-13-12-7-6-10-11-12;3*1-3-4-2;/h1-6H,8H2;3*1,3-4H2,2H3;. The van der Waals surface area contributed by atoms with Crippen LogP contribution >= 0.6 is 0 Å². The molecule has 144 valence electrons. The molecule has 0 aliphatic carbocycles. The summed E-state index contributed by atoms with van der Waals surface area (Å²) in [7, 11) is 0. The SMILES string of the molecule is CCC[CH2][Sn]([CH2]CCC)([CH2]CCC)[c]1cnnn1OCc1ccccc1. The van der Waals surface area contributed by atoms with Crippen LogP contribution in [0.15, 0.2) is 36.5 Å². The molecule has 0 saturated carbocycles. The van der Waals surface area contributed by atoms with Crippen LogP contribution in [0.3, 0.4) is 0 Å². The van der Waals surface area contributed by atoms with Crippen LogP contribution in [0.5, 0.6) is 0 Å². The van der Waals surface area contributed by atoms with Crippen molar-refractivity contribution in [3.63, 3.8) is 0 Å². The second-order valence-electron chi connectivity index (χ2n) is 7.34. The molecule has 2 aromatic rings. The summed E-state index contributed by atoms with van der Waals surface area (Å²) >= 11 is -2.56. The van der Waals surface area contributed by atoms with Crippen molar-refractivity contribution < 1.29 is 4.84 Å².